The molecule has 0 saturated heterocycles. The molecule has 36 heavy (non-hydrogen) atoms. The minimum atomic E-state index is -2.22. The van der Waals surface area contributed by atoms with Crippen LogP contribution in [0.2, 0.25) is 0 Å². The molecule has 1 saturated carbocycles. The summed E-state index contributed by atoms with van der Waals surface area (Å²) < 4.78 is 0. The molecule has 6 heteroatoms. The van der Waals surface area contributed by atoms with Gasteiger partial charge in [-0.2, -0.15) is 0 Å². The van der Waals surface area contributed by atoms with Crippen LogP contribution in [0.5, 0.6) is 0 Å². The number of hydrogen-bond acceptors (Lipinski definition) is 2. The van der Waals surface area contributed by atoms with E-state index in [2.05, 4.69) is 132 Å². The molecule has 4 aromatic rings. The van der Waals surface area contributed by atoms with Crippen LogP contribution in [0.1, 0.15) is 25.7 Å². The Morgan fingerprint density at radius 3 is 0.944 bits per heavy atom. The summed E-state index contributed by atoms with van der Waals surface area (Å²) >= 11 is 13.1. The molecule has 0 bridgehead atoms. The predicted octanol–water partition coefficient (Wildman–Crippen LogP) is 5.57. The van der Waals surface area contributed by atoms with E-state index in [-0.39, 0.29) is 12.1 Å². The van der Waals surface area contributed by atoms with Crippen LogP contribution in [0.3, 0.4) is 0 Å². The highest BCUT2D eigenvalue weighted by Crippen LogP contribution is 2.45. The zero-order valence-electron chi connectivity index (χ0n) is 20.2. The fraction of sp³-hybridized carbons (Fsp3) is 0.200. The minimum Gasteiger partial charge on any atom is -0.277 e. The van der Waals surface area contributed by atoms with Gasteiger partial charge >= 0.3 is 0 Å². The maximum atomic E-state index is 6.55. The fourth-order valence-electron chi connectivity index (χ4n) is 5.05. The van der Waals surface area contributed by atoms with Crippen LogP contribution in [0, 0.1) is 0 Å². The van der Waals surface area contributed by atoms with Crippen molar-refractivity contribution in [2.75, 3.05) is 0 Å². The lowest BCUT2D eigenvalue weighted by molar-refractivity contribution is 0.350. The highest BCUT2D eigenvalue weighted by Gasteiger charge is 2.35. The molecular weight excluding hydrogens is 514 g/mol. The molecule has 0 aliphatic heterocycles. The molecule has 2 N–H and O–H groups in total. The summed E-state index contributed by atoms with van der Waals surface area (Å²) in [7, 11) is 0. The number of hydrogen-bond donors (Lipinski definition) is 2. The van der Waals surface area contributed by atoms with Crippen molar-refractivity contribution < 1.29 is 0 Å². The van der Waals surface area contributed by atoms with Crippen LogP contribution >= 0.6 is 12.4 Å². The van der Waals surface area contributed by atoms with Crippen molar-refractivity contribution in [1.29, 1.82) is 0 Å². The normalized spacial score (nSPS) is 18.6. The average molecular weight is 547 g/mol. The van der Waals surface area contributed by atoms with Gasteiger partial charge in [0.15, 0.2) is 0 Å². The van der Waals surface area contributed by atoms with Gasteiger partial charge in [0.2, 0.25) is 0 Å². The van der Waals surface area contributed by atoms with Crippen molar-refractivity contribution >= 4 is 57.2 Å². The molecule has 1 aliphatic rings. The standard InChI is InChI=1S/C30H32N2P2S2/c35-33(25-15-5-1-6-16-25,26-17-7-2-8-18-26)31-29-23-13-14-24-30(29)32-34(36,27-19-9-3-10-20-27)28-21-11-4-12-22-28/h1-12,15-22,29-30H,13-14,23-24H2,(H,31,35)(H,32,36)/t29-,30-/m1/s1. The second kappa shape index (κ2) is 11.7. The third kappa shape index (κ3) is 5.50. The monoisotopic (exact) mass is 546 g/mol. The van der Waals surface area contributed by atoms with Crippen molar-refractivity contribution in [2.45, 2.75) is 37.8 Å². The quantitative estimate of drug-likeness (QED) is 0.282. The topological polar surface area (TPSA) is 24.1 Å². The maximum Gasteiger partial charge on any atom is 0.0687 e. The number of benzene rings is 4. The van der Waals surface area contributed by atoms with Crippen LogP contribution in [-0.2, 0) is 23.6 Å². The summed E-state index contributed by atoms with van der Waals surface area (Å²) in [5, 5.41) is 13.0. The molecule has 1 fully saturated rings. The SMILES string of the molecule is S=P(N[C@@H]1CCCC[C@H]1NP(=S)(c1ccccc1)c1ccccc1)(c1ccccc1)c1ccccc1. The summed E-state index contributed by atoms with van der Waals surface area (Å²) in [6, 6.07) is 43.0. The van der Waals surface area contributed by atoms with E-state index in [4.69, 9.17) is 23.6 Å². The summed E-state index contributed by atoms with van der Waals surface area (Å²) in [4.78, 5) is 0. The fourth-order valence-corrected chi connectivity index (χ4v) is 12.4. The summed E-state index contributed by atoms with van der Waals surface area (Å²) in [6.07, 6.45) is 0.154. The molecule has 4 aromatic carbocycles. The van der Waals surface area contributed by atoms with Crippen LogP contribution in [0.15, 0.2) is 121 Å². The van der Waals surface area contributed by atoms with Crippen LogP contribution in [0.25, 0.3) is 0 Å². The summed E-state index contributed by atoms with van der Waals surface area (Å²) in [5.74, 6) is 0. The second-order valence-electron chi connectivity index (χ2n) is 9.32. The van der Waals surface area contributed by atoms with Gasteiger partial charge in [0.1, 0.15) is 0 Å². The Kier molecular flexibility index (Phi) is 8.33. The summed E-state index contributed by atoms with van der Waals surface area (Å²) in [5.41, 5.74) is 0. The lowest BCUT2D eigenvalue weighted by Gasteiger charge is -2.40. The molecule has 0 aromatic heterocycles. The van der Waals surface area contributed by atoms with Gasteiger partial charge < -0.3 is 0 Å². The Hall–Kier alpha value is -1.90. The van der Waals surface area contributed by atoms with E-state index in [0.717, 1.165) is 12.8 Å². The van der Waals surface area contributed by atoms with Crippen molar-refractivity contribution in [2.24, 2.45) is 0 Å². The third-order valence-corrected chi connectivity index (χ3v) is 15.6. The first-order chi connectivity index (χ1) is 17.6. The Balaban J connectivity index is 1.52. The zero-order valence-corrected chi connectivity index (χ0v) is 23.7. The van der Waals surface area contributed by atoms with E-state index in [1.165, 1.54) is 34.1 Å². The van der Waals surface area contributed by atoms with Gasteiger partial charge in [0.05, 0.1) is 12.4 Å². The Morgan fingerprint density at radius 1 is 0.444 bits per heavy atom. The minimum absolute atomic E-state index is 0.250. The van der Waals surface area contributed by atoms with Gasteiger partial charge in [-0.1, -0.05) is 158 Å². The molecule has 184 valence electrons. The average Bonchev–Trinajstić information content (AvgIpc) is 2.96. The van der Waals surface area contributed by atoms with E-state index in [0.29, 0.717) is 0 Å². The molecule has 0 amide bonds. The third-order valence-electron chi connectivity index (χ3n) is 6.94. The summed E-state index contributed by atoms with van der Waals surface area (Å²) in [6.45, 7) is 0. The van der Waals surface area contributed by atoms with E-state index in [9.17, 15) is 0 Å². The molecule has 0 spiro atoms. The van der Waals surface area contributed by atoms with E-state index in [1.807, 2.05) is 0 Å². The van der Waals surface area contributed by atoms with Crippen molar-refractivity contribution in [3.63, 3.8) is 0 Å². The highest BCUT2D eigenvalue weighted by molar-refractivity contribution is 8.21. The number of nitrogens with one attached hydrogen (secondary N) is 2. The molecular formula is C30H32N2P2S2. The van der Waals surface area contributed by atoms with E-state index >= 15 is 0 Å². The van der Waals surface area contributed by atoms with Crippen molar-refractivity contribution in [1.82, 2.24) is 10.2 Å². The van der Waals surface area contributed by atoms with Gasteiger partial charge in [-0.25, -0.2) is 0 Å². The van der Waals surface area contributed by atoms with Gasteiger partial charge in [-0.3, -0.25) is 10.2 Å². The molecule has 2 nitrogen and oxygen atoms in total. The van der Waals surface area contributed by atoms with Crippen LogP contribution in [-0.4, -0.2) is 12.1 Å². The van der Waals surface area contributed by atoms with Crippen LogP contribution in [0.4, 0.5) is 0 Å². The molecule has 5 rings (SSSR count). The largest absolute Gasteiger partial charge is 0.277 e. The van der Waals surface area contributed by atoms with E-state index in [1.54, 1.807) is 0 Å². The highest BCUT2D eigenvalue weighted by atomic mass is 32.4. The Labute approximate surface area is 225 Å². The first kappa shape index (κ1) is 25.7. The van der Waals surface area contributed by atoms with Crippen molar-refractivity contribution in [3.8, 4) is 0 Å². The van der Waals surface area contributed by atoms with Gasteiger partial charge in [-0.15, -0.1) is 0 Å². The Morgan fingerprint density at radius 2 is 0.694 bits per heavy atom. The lowest BCUT2D eigenvalue weighted by atomic mass is 9.92. The van der Waals surface area contributed by atoms with Crippen LogP contribution < -0.4 is 31.4 Å². The molecule has 0 radical (unpaired) electrons. The molecule has 0 heterocycles. The molecule has 1 aliphatic carbocycles. The van der Waals surface area contributed by atoms with E-state index < -0.39 is 12.4 Å². The molecule has 0 unspecified atom stereocenters. The predicted molar refractivity (Wildman–Crippen MR) is 165 cm³/mol. The van der Waals surface area contributed by atoms with Gasteiger partial charge in [-0.05, 0) is 12.8 Å². The van der Waals surface area contributed by atoms with Gasteiger partial charge in [0.25, 0.3) is 0 Å². The lowest BCUT2D eigenvalue weighted by Crippen LogP contribution is -2.51. The zero-order chi connectivity index (χ0) is 24.8. The Bertz CT molecular complexity index is 1160. The first-order valence-electron chi connectivity index (χ1n) is 12.6. The number of rotatable bonds is 8. The first-order valence-corrected chi connectivity index (χ1v) is 18.2. The second-order valence-corrected chi connectivity index (χ2v) is 17.6. The molecule has 2 atom stereocenters. The smallest absolute Gasteiger partial charge is 0.0687 e. The van der Waals surface area contributed by atoms with Gasteiger partial charge in [0, 0.05) is 33.3 Å². The maximum absolute atomic E-state index is 6.55. The van der Waals surface area contributed by atoms with Crippen molar-refractivity contribution in [3.05, 3.63) is 121 Å².